The van der Waals surface area contributed by atoms with Crippen LogP contribution in [0.5, 0.6) is 11.5 Å². The van der Waals surface area contributed by atoms with Crippen molar-refractivity contribution in [2.75, 3.05) is 13.2 Å². The first-order chi connectivity index (χ1) is 10.1. The summed E-state index contributed by atoms with van der Waals surface area (Å²) in [6.45, 7) is 7.73. The van der Waals surface area contributed by atoms with Gasteiger partial charge in [0, 0.05) is 24.2 Å². The van der Waals surface area contributed by atoms with Gasteiger partial charge in [-0.25, -0.2) is 0 Å². The van der Waals surface area contributed by atoms with Crippen LogP contribution in [0.2, 0.25) is 0 Å². The number of benzene rings is 1. The molecule has 1 heterocycles. The number of nitrogens with zero attached hydrogens (tertiary/aromatic N) is 1. The third kappa shape index (κ3) is 3.12. The minimum absolute atomic E-state index is 0.00302. The number of carbonyl (C=O) groups is 1. The highest BCUT2D eigenvalue weighted by Gasteiger charge is 2.15. The van der Waals surface area contributed by atoms with E-state index >= 15 is 0 Å². The fourth-order valence-corrected chi connectivity index (χ4v) is 2.47. The molecule has 0 amide bonds. The van der Waals surface area contributed by atoms with Crippen LogP contribution >= 0.6 is 0 Å². The van der Waals surface area contributed by atoms with Crippen molar-refractivity contribution in [3.05, 3.63) is 23.9 Å². The van der Waals surface area contributed by atoms with Crippen molar-refractivity contribution in [2.24, 2.45) is 0 Å². The molecule has 2 aromatic rings. The number of carboxylic acid groups (broad SMARTS) is 1. The molecule has 0 spiro atoms. The average molecular weight is 291 g/mol. The Labute approximate surface area is 124 Å². The summed E-state index contributed by atoms with van der Waals surface area (Å²) in [5, 5.41) is 9.96. The molecule has 1 N–H and O–H groups in total. The molecule has 0 bridgehead atoms. The Hall–Kier alpha value is -2.17. The Balaban J connectivity index is 2.62. The van der Waals surface area contributed by atoms with Crippen LogP contribution in [-0.2, 0) is 17.8 Å². The summed E-state index contributed by atoms with van der Waals surface area (Å²) < 4.78 is 13.3. The SMILES string of the molecule is CCOc1cc2c(CC(=O)O)cn(CC)c2cc1OCC. The molecule has 0 radical (unpaired) electrons. The van der Waals surface area contributed by atoms with E-state index in [1.54, 1.807) is 0 Å². The van der Waals surface area contributed by atoms with Gasteiger partial charge in [0.15, 0.2) is 11.5 Å². The second kappa shape index (κ2) is 6.52. The number of hydrogen-bond donors (Lipinski definition) is 1. The Bertz CT molecular complexity index is 645. The van der Waals surface area contributed by atoms with Crippen molar-refractivity contribution in [3.8, 4) is 11.5 Å². The van der Waals surface area contributed by atoms with Crippen molar-refractivity contribution in [1.29, 1.82) is 0 Å². The van der Waals surface area contributed by atoms with Crippen LogP contribution in [0, 0.1) is 0 Å². The van der Waals surface area contributed by atoms with E-state index in [9.17, 15) is 4.79 Å². The van der Waals surface area contributed by atoms with Gasteiger partial charge in [0.25, 0.3) is 0 Å². The van der Waals surface area contributed by atoms with Crippen molar-refractivity contribution in [2.45, 2.75) is 33.7 Å². The van der Waals surface area contributed by atoms with Crippen LogP contribution in [0.15, 0.2) is 18.3 Å². The van der Waals surface area contributed by atoms with E-state index in [1.165, 1.54) is 0 Å². The number of aryl methyl sites for hydroxylation is 1. The molecule has 0 atom stereocenters. The second-order valence-corrected chi connectivity index (χ2v) is 4.69. The third-order valence-corrected chi connectivity index (χ3v) is 3.31. The van der Waals surface area contributed by atoms with E-state index in [2.05, 4.69) is 0 Å². The van der Waals surface area contributed by atoms with E-state index in [1.807, 2.05) is 43.7 Å². The maximum absolute atomic E-state index is 11.0. The van der Waals surface area contributed by atoms with Crippen molar-refractivity contribution in [3.63, 3.8) is 0 Å². The number of rotatable bonds is 7. The molecular formula is C16H21NO4. The molecule has 5 heteroatoms. The highest BCUT2D eigenvalue weighted by Crippen LogP contribution is 2.35. The number of carboxylic acids is 1. The Morgan fingerprint density at radius 2 is 1.76 bits per heavy atom. The maximum atomic E-state index is 11.0. The maximum Gasteiger partial charge on any atom is 0.307 e. The lowest BCUT2D eigenvalue weighted by molar-refractivity contribution is -0.136. The van der Waals surface area contributed by atoms with E-state index < -0.39 is 5.97 Å². The molecule has 0 aliphatic rings. The van der Waals surface area contributed by atoms with Gasteiger partial charge in [0.05, 0.1) is 25.2 Å². The lowest BCUT2D eigenvalue weighted by atomic mass is 10.1. The molecule has 0 aliphatic heterocycles. The van der Waals surface area contributed by atoms with Crippen LogP contribution in [0.25, 0.3) is 10.9 Å². The third-order valence-electron chi connectivity index (χ3n) is 3.31. The zero-order valence-electron chi connectivity index (χ0n) is 12.7. The number of aliphatic carboxylic acids is 1. The molecule has 0 fully saturated rings. The molecule has 21 heavy (non-hydrogen) atoms. The molecule has 114 valence electrons. The van der Waals surface area contributed by atoms with Crippen molar-refractivity contribution in [1.82, 2.24) is 4.57 Å². The van der Waals surface area contributed by atoms with Crippen LogP contribution in [0.3, 0.4) is 0 Å². The van der Waals surface area contributed by atoms with Crippen LogP contribution < -0.4 is 9.47 Å². The molecule has 0 unspecified atom stereocenters. The summed E-state index contributed by atoms with van der Waals surface area (Å²) in [4.78, 5) is 11.0. The van der Waals surface area contributed by atoms with E-state index in [-0.39, 0.29) is 6.42 Å². The number of ether oxygens (including phenoxy) is 2. The fraction of sp³-hybridized carbons (Fsp3) is 0.438. The summed E-state index contributed by atoms with van der Waals surface area (Å²) in [5.41, 5.74) is 1.77. The summed E-state index contributed by atoms with van der Waals surface area (Å²) >= 11 is 0. The van der Waals surface area contributed by atoms with Crippen LogP contribution in [-0.4, -0.2) is 28.9 Å². The molecule has 5 nitrogen and oxygen atoms in total. The Morgan fingerprint density at radius 1 is 1.14 bits per heavy atom. The van der Waals surface area contributed by atoms with Gasteiger partial charge in [0.2, 0.25) is 0 Å². The van der Waals surface area contributed by atoms with Gasteiger partial charge in [-0.15, -0.1) is 0 Å². The minimum atomic E-state index is -0.836. The summed E-state index contributed by atoms with van der Waals surface area (Å²) in [7, 11) is 0. The standard InChI is InChI=1S/C16H21NO4/c1-4-17-10-11(7-16(18)19)12-8-14(20-5-2)15(21-6-3)9-13(12)17/h8-10H,4-7H2,1-3H3,(H,18,19). The molecule has 1 aromatic heterocycles. The number of fused-ring (bicyclic) bond motifs is 1. The van der Waals surface area contributed by atoms with E-state index in [0.717, 1.165) is 23.0 Å². The Morgan fingerprint density at radius 3 is 2.29 bits per heavy atom. The van der Waals surface area contributed by atoms with Gasteiger partial charge in [-0.2, -0.15) is 0 Å². The van der Waals surface area contributed by atoms with Crippen LogP contribution in [0.4, 0.5) is 0 Å². The zero-order chi connectivity index (χ0) is 15.4. The van der Waals surface area contributed by atoms with Crippen LogP contribution in [0.1, 0.15) is 26.3 Å². The summed E-state index contributed by atoms with van der Waals surface area (Å²) in [6, 6.07) is 3.81. The largest absolute Gasteiger partial charge is 0.490 e. The van der Waals surface area contributed by atoms with E-state index in [4.69, 9.17) is 14.6 Å². The molecule has 1 aromatic carbocycles. The smallest absolute Gasteiger partial charge is 0.307 e. The molecule has 0 aliphatic carbocycles. The lowest BCUT2D eigenvalue weighted by Gasteiger charge is -2.12. The highest BCUT2D eigenvalue weighted by atomic mass is 16.5. The topological polar surface area (TPSA) is 60.7 Å². The van der Waals surface area contributed by atoms with Gasteiger partial charge in [-0.05, 0) is 32.4 Å². The van der Waals surface area contributed by atoms with Gasteiger partial charge >= 0.3 is 5.97 Å². The van der Waals surface area contributed by atoms with Gasteiger partial charge in [-0.1, -0.05) is 0 Å². The van der Waals surface area contributed by atoms with Crippen molar-refractivity contribution >= 4 is 16.9 Å². The molecule has 2 rings (SSSR count). The molecule has 0 saturated heterocycles. The Kier molecular flexibility index (Phi) is 4.73. The molecule has 0 saturated carbocycles. The first kappa shape index (κ1) is 15.2. The summed E-state index contributed by atoms with van der Waals surface area (Å²) in [5.74, 6) is 0.519. The zero-order valence-corrected chi connectivity index (χ0v) is 12.7. The second-order valence-electron chi connectivity index (χ2n) is 4.69. The number of aromatic nitrogens is 1. The van der Waals surface area contributed by atoms with Gasteiger partial charge < -0.3 is 19.1 Å². The van der Waals surface area contributed by atoms with Gasteiger partial charge in [0.1, 0.15) is 0 Å². The first-order valence-corrected chi connectivity index (χ1v) is 7.23. The van der Waals surface area contributed by atoms with E-state index in [0.29, 0.717) is 24.7 Å². The predicted octanol–water partition coefficient (Wildman–Crippen LogP) is 3.09. The fourth-order valence-electron chi connectivity index (χ4n) is 2.47. The normalized spacial score (nSPS) is 10.8. The van der Waals surface area contributed by atoms with Crippen molar-refractivity contribution < 1.29 is 19.4 Å². The monoisotopic (exact) mass is 291 g/mol. The average Bonchev–Trinajstić information content (AvgIpc) is 2.76. The first-order valence-electron chi connectivity index (χ1n) is 7.23. The quantitative estimate of drug-likeness (QED) is 0.851. The lowest BCUT2D eigenvalue weighted by Crippen LogP contribution is -2.00. The number of hydrogen-bond acceptors (Lipinski definition) is 3. The summed E-state index contributed by atoms with van der Waals surface area (Å²) in [6.07, 6.45) is 1.90. The van der Waals surface area contributed by atoms with Gasteiger partial charge in [-0.3, -0.25) is 4.79 Å². The highest BCUT2D eigenvalue weighted by molar-refractivity contribution is 5.90. The predicted molar refractivity (Wildman–Crippen MR) is 81.3 cm³/mol. The minimum Gasteiger partial charge on any atom is -0.490 e. The molecular weight excluding hydrogens is 270 g/mol.